The molecule has 0 radical (unpaired) electrons. The van der Waals surface area contributed by atoms with Gasteiger partial charge in [-0.2, -0.15) is 0 Å². The summed E-state index contributed by atoms with van der Waals surface area (Å²) in [6.07, 6.45) is 2.36. The van der Waals surface area contributed by atoms with E-state index in [1.807, 2.05) is 48.5 Å². The number of carbonyl (C=O) groups is 1. The van der Waals surface area contributed by atoms with Crippen LogP contribution in [0.5, 0.6) is 5.75 Å². The predicted octanol–water partition coefficient (Wildman–Crippen LogP) is 4.46. The number of aromatic nitrogens is 2. The average molecular weight is 450 g/mol. The fourth-order valence-corrected chi connectivity index (χ4v) is 5.16. The minimum atomic E-state index is -0.298. The smallest absolute Gasteiger partial charge is 0.315 e. The van der Waals surface area contributed by atoms with Crippen molar-refractivity contribution in [2.24, 2.45) is 0 Å². The van der Waals surface area contributed by atoms with Crippen LogP contribution in [0, 0.1) is 0 Å². The number of piperidine rings is 1. The van der Waals surface area contributed by atoms with Gasteiger partial charge in [0.05, 0.1) is 24.2 Å². The Kier molecular flexibility index (Phi) is 6.34. The van der Waals surface area contributed by atoms with Gasteiger partial charge in [-0.25, -0.2) is 9.78 Å². The Bertz CT molecular complexity index is 1050. The summed E-state index contributed by atoms with van der Waals surface area (Å²) in [6.45, 7) is 8.73. The van der Waals surface area contributed by atoms with Crippen LogP contribution in [0.15, 0.2) is 48.5 Å². The van der Waals surface area contributed by atoms with Gasteiger partial charge in [0.25, 0.3) is 0 Å². The van der Waals surface area contributed by atoms with Crippen LogP contribution in [-0.4, -0.2) is 40.2 Å². The number of nitrogens with one attached hydrogen (secondary N) is 4. The number of nitrogens with zero attached hydrogens (tertiary/aromatic N) is 1. The SMILES string of the molecule is COc1ccc(C[C@H](NC(=O)NC2CC(C)(C)NC(C)(C)C2)c2nc3ccccc3[nH]2)cc1. The Morgan fingerprint density at radius 3 is 2.39 bits per heavy atom. The van der Waals surface area contributed by atoms with E-state index in [0.717, 1.165) is 41.0 Å². The van der Waals surface area contributed by atoms with Crippen molar-refractivity contribution in [3.8, 4) is 5.75 Å². The fourth-order valence-electron chi connectivity index (χ4n) is 5.16. The minimum Gasteiger partial charge on any atom is -0.497 e. The predicted molar refractivity (Wildman–Crippen MR) is 132 cm³/mol. The number of amides is 2. The van der Waals surface area contributed by atoms with Gasteiger partial charge in [-0.15, -0.1) is 0 Å². The van der Waals surface area contributed by atoms with Crippen LogP contribution < -0.4 is 20.7 Å². The number of fused-ring (bicyclic) bond motifs is 1. The zero-order valence-corrected chi connectivity index (χ0v) is 20.2. The van der Waals surface area contributed by atoms with Crippen molar-refractivity contribution in [1.82, 2.24) is 25.9 Å². The highest BCUT2D eigenvalue weighted by Crippen LogP contribution is 2.28. The Hall–Kier alpha value is -3.06. The van der Waals surface area contributed by atoms with E-state index in [1.54, 1.807) is 7.11 Å². The molecule has 2 amide bonds. The second kappa shape index (κ2) is 9.06. The molecule has 0 spiro atoms. The molecule has 1 atom stereocenters. The van der Waals surface area contributed by atoms with Crippen molar-refractivity contribution in [2.45, 2.75) is 70.1 Å². The van der Waals surface area contributed by atoms with E-state index < -0.39 is 0 Å². The maximum Gasteiger partial charge on any atom is 0.315 e. The zero-order chi connectivity index (χ0) is 23.6. The topological polar surface area (TPSA) is 91.1 Å². The Morgan fingerprint density at radius 2 is 1.76 bits per heavy atom. The summed E-state index contributed by atoms with van der Waals surface area (Å²) in [5, 5.41) is 10.1. The van der Waals surface area contributed by atoms with E-state index in [0.29, 0.717) is 6.42 Å². The first kappa shape index (κ1) is 23.1. The molecule has 1 aliphatic heterocycles. The third-order valence-electron chi connectivity index (χ3n) is 6.17. The molecule has 4 N–H and O–H groups in total. The van der Waals surface area contributed by atoms with Crippen LogP contribution in [0.1, 0.15) is 58.0 Å². The highest BCUT2D eigenvalue weighted by molar-refractivity contribution is 5.76. The quantitative estimate of drug-likeness (QED) is 0.447. The molecule has 176 valence electrons. The molecule has 2 aromatic carbocycles. The zero-order valence-electron chi connectivity index (χ0n) is 20.2. The number of hydrogen-bond donors (Lipinski definition) is 4. The molecule has 7 nitrogen and oxygen atoms in total. The average Bonchev–Trinajstić information content (AvgIpc) is 3.15. The first-order chi connectivity index (χ1) is 15.6. The normalized spacial score (nSPS) is 18.6. The molecular formula is C26H35N5O2. The van der Waals surface area contributed by atoms with Gasteiger partial charge in [-0.05, 0) is 76.8 Å². The van der Waals surface area contributed by atoms with Gasteiger partial charge < -0.3 is 25.7 Å². The van der Waals surface area contributed by atoms with Gasteiger partial charge in [-0.3, -0.25) is 0 Å². The lowest BCUT2D eigenvalue weighted by Crippen LogP contribution is -2.62. The van der Waals surface area contributed by atoms with E-state index >= 15 is 0 Å². The van der Waals surface area contributed by atoms with Crippen molar-refractivity contribution >= 4 is 17.1 Å². The molecule has 3 aromatic rings. The summed E-state index contributed by atoms with van der Waals surface area (Å²) in [5.74, 6) is 1.55. The van der Waals surface area contributed by atoms with Crippen molar-refractivity contribution in [2.75, 3.05) is 7.11 Å². The van der Waals surface area contributed by atoms with Crippen molar-refractivity contribution < 1.29 is 9.53 Å². The lowest BCUT2D eigenvalue weighted by molar-refractivity contribution is 0.147. The number of aromatic amines is 1. The van der Waals surface area contributed by atoms with Crippen LogP contribution in [0.2, 0.25) is 0 Å². The molecule has 1 aliphatic rings. The van der Waals surface area contributed by atoms with Crippen molar-refractivity contribution in [3.63, 3.8) is 0 Å². The number of H-pyrrole nitrogens is 1. The summed E-state index contributed by atoms with van der Waals surface area (Å²) in [7, 11) is 1.65. The summed E-state index contributed by atoms with van der Waals surface area (Å²) in [5.41, 5.74) is 2.85. The number of urea groups is 1. The summed E-state index contributed by atoms with van der Waals surface area (Å²) >= 11 is 0. The maximum atomic E-state index is 13.1. The Morgan fingerprint density at radius 1 is 1.09 bits per heavy atom. The largest absolute Gasteiger partial charge is 0.497 e. The molecule has 4 rings (SSSR count). The van der Waals surface area contributed by atoms with E-state index in [9.17, 15) is 4.79 Å². The molecule has 0 bridgehead atoms. The highest BCUT2D eigenvalue weighted by atomic mass is 16.5. The van der Waals surface area contributed by atoms with E-state index in [-0.39, 0.29) is 29.2 Å². The molecule has 33 heavy (non-hydrogen) atoms. The van der Waals surface area contributed by atoms with Gasteiger partial charge >= 0.3 is 6.03 Å². The number of imidazole rings is 1. The number of benzene rings is 2. The third kappa shape index (κ3) is 5.85. The first-order valence-electron chi connectivity index (χ1n) is 11.6. The van der Waals surface area contributed by atoms with Gasteiger partial charge in [0.15, 0.2) is 0 Å². The number of methoxy groups -OCH3 is 1. The van der Waals surface area contributed by atoms with Crippen LogP contribution in [0.3, 0.4) is 0 Å². The molecular weight excluding hydrogens is 414 g/mol. The number of carbonyl (C=O) groups excluding carboxylic acids is 1. The lowest BCUT2D eigenvalue weighted by atomic mass is 9.80. The standard InChI is InChI=1S/C26H35N5O2/c1-25(2)15-18(16-26(3,4)31-25)27-24(32)30-22(14-17-10-12-19(33-5)13-11-17)23-28-20-8-6-7-9-21(20)29-23/h6-13,18,22,31H,14-16H2,1-5H3,(H,28,29)(H2,27,30,32)/t22-/m0/s1. The van der Waals surface area contributed by atoms with Gasteiger partial charge in [0.1, 0.15) is 11.6 Å². The number of ether oxygens (including phenoxy) is 1. The monoisotopic (exact) mass is 449 g/mol. The summed E-state index contributed by atoms with van der Waals surface area (Å²) in [6, 6.07) is 15.4. The number of hydrogen-bond acceptors (Lipinski definition) is 4. The fraction of sp³-hybridized carbons (Fsp3) is 0.462. The van der Waals surface area contributed by atoms with E-state index in [1.165, 1.54) is 0 Å². The second-order valence-electron chi connectivity index (χ2n) is 10.4. The lowest BCUT2D eigenvalue weighted by Gasteiger charge is -2.46. The molecule has 1 fully saturated rings. The van der Waals surface area contributed by atoms with Crippen LogP contribution in [-0.2, 0) is 6.42 Å². The molecule has 0 saturated carbocycles. The van der Waals surface area contributed by atoms with E-state index in [4.69, 9.17) is 9.72 Å². The van der Waals surface area contributed by atoms with Crippen molar-refractivity contribution in [1.29, 1.82) is 0 Å². The number of rotatable bonds is 6. The molecule has 0 unspecified atom stereocenters. The maximum absolute atomic E-state index is 13.1. The van der Waals surface area contributed by atoms with Crippen LogP contribution >= 0.6 is 0 Å². The molecule has 1 saturated heterocycles. The second-order valence-corrected chi connectivity index (χ2v) is 10.4. The molecule has 2 heterocycles. The van der Waals surface area contributed by atoms with Crippen LogP contribution in [0.25, 0.3) is 11.0 Å². The summed E-state index contributed by atoms with van der Waals surface area (Å²) in [4.78, 5) is 21.3. The van der Waals surface area contributed by atoms with Crippen molar-refractivity contribution in [3.05, 3.63) is 59.9 Å². The Labute approximate surface area is 195 Å². The summed E-state index contributed by atoms with van der Waals surface area (Å²) < 4.78 is 5.28. The minimum absolute atomic E-state index is 0.0407. The molecule has 0 aliphatic carbocycles. The first-order valence-corrected chi connectivity index (χ1v) is 11.6. The van der Waals surface area contributed by atoms with Gasteiger partial charge in [0, 0.05) is 17.1 Å². The molecule has 1 aromatic heterocycles. The van der Waals surface area contributed by atoms with Gasteiger partial charge in [-0.1, -0.05) is 24.3 Å². The highest BCUT2D eigenvalue weighted by Gasteiger charge is 2.38. The van der Waals surface area contributed by atoms with Gasteiger partial charge in [0.2, 0.25) is 0 Å². The number of para-hydroxylation sites is 2. The third-order valence-corrected chi connectivity index (χ3v) is 6.17. The molecule has 7 heteroatoms. The Balaban J connectivity index is 1.53. The van der Waals surface area contributed by atoms with Crippen LogP contribution in [0.4, 0.5) is 4.79 Å². The van der Waals surface area contributed by atoms with E-state index in [2.05, 4.69) is 48.6 Å².